The second-order valence-electron chi connectivity index (χ2n) is 3.86. The molecule has 0 spiro atoms. The quantitative estimate of drug-likeness (QED) is 0.612. The van der Waals surface area contributed by atoms with Crippen molar-refractivity contribution < 1.29 is 9.53 Å². The normalized spacial score (nSPS) is 10.6. The number of nitrogens with zero attached hydrogens (tertiary/aromatic N) is 1. The molecule has 5 heteroatoms. The van der Waals surface area contributed by atoms with Crippen LogP contribution in [0, 0.1) is 3.57 Å². The Hall–Kier alpha value is -1.37. The molecule has 0 saturated carbocycles. The first-order valence-corrected chi connectivity index (χ1v) is 6.58. The first kappa shape index (κ1) is 13.1. The van der Waals surface area contributed by atoms with Crippen LogP contribution >= 0.6 is 22.6 Å². The predicted molar refractivity (Wildman–Crippen MR) is 77.9 cm³/mol. The van der Waals surface area contributed by atoms with E-state index >= 15 is 0 Å². The number of esters is 1. The second-order valence-corrected chi connectivity index (χ2v) is 5.11. The van der Waals surface area contributed by atoms with Gasteiger partial charge in [-0.2, -0.15) is 0 Å². The number of carbonyl (C=O) groups excluding carboxylic acids is 1. The molecule has 0 amide bonds. The SMILES string of the molecule is CCOC(=O)c1cn(C)c2ccc(I)cc2c1=O. The zero-order valence-electron chi connectivity index (χ0n) is 10.1. The van der Waals surface area contributed by atoms with Crippen molar-refractivity contribution in [3.63, 3.8) is 0 Å². The zero-order valence-corrected chi connectivity index (χ0v) is 12.2. The largest absolute Gasteiger partial charge is 0.462 e. The van der Waals surface area contributed by atoms with Gasteiger partial charge in [0.05, 0.1) is 12.1 Å². The Labute approximate surface area is 118 Å². The molecule has 4 nitrogen and oxygen atoms in total. The van der Waals surface area contributed by atoms with Crippen LogP contribution in [0.1, 0.15) is 17.3 Å². The number of pyridine rings is 1. The van der Waals surface area contributed by atoms with Gasteiger partial charge in [0.25, 0.3) is 0 Å². The van der Waals surface area contributed by atoms with Gasteiger partial charge < -0.3 is 9.30 Å². The van der Waals surface area contributed by atoms with Crippen LogP contribution in [0.3, 0.4) is 0 Å². The number of aromatic nitrogens is 1. The summed E-state index contributed by atoms with van der Waals surface area (Å²) in [6.07, 6.45) is 1.52. The van der Waals surface area contributed by atoms with Crippen LogP contribution in [0.2, 0.25) is 0 Å². The summed E-state index contributed by atoms with van der Waals surface area (Å²) in [7, 11) is 1.80. The van der Waals surface area contributed by atoms with Crippen LogP contribution in [0.15, 0.2) is 29.2 Å². The Bertz CT molecular complexity index is 676. The minimum absolute atomic E-state index is 0.0776. The monoisotopic (exact) mass is 357 g/mol. The van der Waals surface area contributed by atoms with Gasteiger partial charge in [-0.1, -0.05) is 0 Å². The lowest BCUT2D eigenvalue weighted by molar-refractivity contribution is 0.0524. The number of rotatable bonds is 2. The molecular weight excluding hydrogens is 345 g/mol. The number of carbonyl (C=O) groups is 1. The number of ether oxygens (including phenoxy) is 1. The van der Waals surface area contributed by atoms with E-state index in [1.54, 1.807) is 24.6 Å². The maximum absolute atomic E-state index is 12.2. The number of fused-ring (bicyclic) bond motifs is 1. The molecule has 0 N–H and O–H groups in total. The summed E-state index contributed by atoms with van der Waals surface area (Å²) in [6.45, 7) is 1.97. The number of hydrogen-bond acceptors (Lipinski definition) is 3. The fourth-order valence-electron chi connectivity index (χ4n) is 1.82. The topological polar surface area (TPSA) is 48.3 Å². The smallest absolute Gasteiger partial charge is 0.343 e. The van der Waals surface area contributed by atoms with Crippen molar-refractivity contribution in [2.24, 2.45) is 7.05 Å². The van der Waals surface area contributed by atoms with Crippen LogP contribution in [0.25, 0.3) is 10.9 Å². The third-order valence-corrected chi connectivity index (χ3v) is 3.32. The van der Waals surface area contributed by atoms with Gasteiger partial charge in [0.15, 0.2) is 0 Å². The lowest BCUT2D eigenvalue weighted by Gasteiger charge is -2.08. The third-order valence-electron chi connectivity index (χ3n) is 2.65. The summed E-state index contributed by atoms with van der Waals surface area (Å²) in [5.74, 6) is -0.570. The molecule has 0 radical (unpaired) electrons. The fraction of sp³-hybridized carbons (Fsp3) is 0.231. The molecule has 0 saturated heterocycles. The van der Waals surface area contributed by atoms with E-state index in [2.05, 4.69) is 22.6 Å². The van der Waals surface area contributed by atoms with Crippen LogP contribution in [0.4, 0.5) is 0 Å². The first-order chi connectivity index (χ1) is 8.54. The van der Waals surface area contributed by atoms with Crippen molar-refractivity contribution in [1.82, 2.24) is 4.57 Å². The Morgan fingerprint density at radius 3 is 2.83 bits per heavy atom. The predicted octanol–water partition coefficient (Wildman–Crippen LogP) is 2.32. The Morgan fingerprint density at radius 1 is 1.44 bits per heavy atom. The summed E-state index contributed by atoms with van der Waals surface area (Å²) >= 11 is 2.14. The van der Waals surface area contributed by atoms with Crippen LogP contribution in [-0.2, 0) is 11.8 Å². The van der Waals surface area contributed by atoms with E-state index in [1.165, 1.54) is 6.20 Å². The van der Waals surface area contributed by atoms with Gasteiger partial charge in [-0.3, -0.25) is 4.79 Å². The van der Waals surface area contributed by atoms with Crippen molar-refractivity contribution in [2.45, 2.75) is 6.92 Å². The van der Waals surface area contributed by atoms with Crippen molar-refractivity contribution >= 4 is 39.5 Å². The lowest BCUT2D eigenvalue weighted by atomic mass is 10.1. The molecule has 1 aromatic heterocycles. The standard InChI is InChI=1S/C13H12INO3/c1-3-18-13(17)10-7-15(2)11-5-4-8(14)6-9(11)12(10)16/h4-7H,3H2,1-2H3. The van der Waals surface area contributed by atoms with E-state index in [0.29, 0.717) is 5.39 Å². The zero-order chi connectivity index (χ0) is 13.3. The van der Waals surface area contributed by atoms with Gasteiger partial charge in [0.2, 0.25) is 5.43 Å². The van der Waals surface area contributed by atoms with Gasteiger partial charge in [0, 0.05) is 22.2 Å². The molecule has 0 aliphatic heterocycles. The van der Waals surface area contributed by atoms with Gasteiger partial charge in [-0.25, -0.2) is 4.79 Å². The second kappa shape index (κ2) is 5.09. The summed E-state index contributed by atoms with van der Waals surface area (Å²) in [4.78, 5) is 23.9. The number of aryl methyl sites for hydroxylation is 1. The Balaban J connectivity index is 2.75. The van der Waals surface area contributed by atoms with Gasteiger partial charge in [0.1, 0.15) is 5.56 Å². The highest BCUT2D eigenvalue weighted by atomic mass is 127. The molecule has 0 unspecified atom stereocenters. The number of hydrogen-bond donors (Lipinski definition) is 0. The molecular formula is C13H12INO3. The first-order valence-electron chi connectivity index (χ1n) is 5.50. The maximum atomic E-state index is 12.2. The summed E-state index contributed by atoms with van der Waals surface area (Å²) < 4.78 is 7.61. The molecule has 0 fully saturated rings. The minimum atomic E-state index is -0.570. The highest BCUT2D eigenvalue weighted by Crippen LogP contribution is 2.15. The summed E-state index contributed by atoms with van der Waals surface area (Å²) in [5, 5.41) is 0.537. The van der Waals surface area contributed by atoms with E-state index in [-0.39, 0.29) is 17.6 Å². The van der Waals surface area contributed by atoms with E-state index in [1.807, 2.05) is 12.1 Å². The molecule has 2 rings (SSSR count). The summed E-state index contributed by atoms with van der Waals surface area (Å²) in [5.41, 5.74) is 0.599. The van der Waals surface area contributed by atoms with Gasteiger partial charge in [-0.15, -0.1) is 0 Å². The van der Waals surface area contributed by atoms with Crippen LogP contribution in [0.5, 0.6) is 0 Å². The number of benzene rings is 1. The highest BCUT2D eigenvalue weighted by Gasteiger charge is 2.15. The summed E-state index contributed by atoms with van der Waals surface area (Å²) in [6, 6.07) is 5.57. The molecule has 0 atom stereocenters. The van der Waals surface area contributed by atoms with E-state index in [9.17, 15) is 9.59 Å². The highest BCUT2D eigenvalue weighted by molar-refractivity contribution is 14.1. The average Bonchev–Trinajstić information content (AvgIpc) is 2.33. The van der Waals surface area contributed by atoms with Crippen LogP contribution in [-0.4, -0.2) is 17.1 Å². The Kier molecular flexibility index (Phi) is 3.70. The molecule has 18 heavy (non-hydrogen) atoms. The average molecular weight is 357 g/mol. The van der Waals surface area contributed by atoms with Crippen molar-refractivity contribution in [3.05, 3.63) is 43.8 Å². The van der Waals surface area contributed by atoms with E-state index in [0.717, 1.165) is 9.09 Å². The van der Waals surface area contributed by atoms with Gasteiger partial charge in [-0.05, 0) is 47.7 Å². The Morgan fingerprint density at radius 2 is 2.17 bits per heavy atom. The number of halogens is 1. The fourth-order valence-corrected chi connectivity index (χ4v) is 2.31. The van der Waals surface area contributed by atoms with Crippen molar-refractivity contribution in [2.75, 3.05) is 6.61 Å². The van der Waals surface area contributed by atoms with E-state index < -0.39 is 5.97 Å². The van der Waals surface area contributed by atoms with Crippen molar-refractivity contribution in [3.8, 4) is 0 Å². The molecule has 2 aromatic rings. The molecule has 1 aromatic carbocycles. The molecule has 0 aliphatic carbocycles. The molecule has 0 bridgehead atoms. The van der Waals surface area contributed by atoms with E-state index in [4.69, 9.17) is 4.74 Å². The maximum Gasteiger partial charge on any atom is 0.343 e. The molecule has 1 heterocycles. The lowest BCUT2D eigenvalue weighted by Crippen LogP contribution is -2.20. The van der Waals surface area contributed by atoms with Crippen molar-refractivity contribution in [1.29, 1.82) is 0 Å². The molecule has 94 valence electrons. The molecule has 0 aliphatic rings. The third kappa shape index (κ3) is 2.27. The minimum Gasteiger partial charge on any atom is -0.462 e. The van der Waals surface area contributed by atoms with Crippen LogP contribution < -0.4 is 5.43 Å². The van der Waals surface area contributed by atoms with Gasteiger partial charge >= 0.3 is 5.97 Å².